The first-order valence-electron chi connectivity index (χ1n) is 4.74. The van der Waals surface area contributed by atoms with Crippen LogP contribution >= 0.6 is 0 Å². The second-order valence-electron chi connectivity index (χ2n) is 3.56. The maximum atomic E-state index is 12.1. The summed E-state index contributed by atoms with van der Waals surface area (Å²) in [7, 11) is 0. The minimum atomic E-state index is -4.88. The summed E-state index contributed by atoms with van der Waals surface area (Å²) in [5.74, 6) is -1.88. The molecule has 0 aliphatic heterocycles. The second-order valence-corrected chi connectivity index (χ2v) is 3.56. The number of nitrogens with zero attached hydrogens (tertiary/aromatic N) is 1. The molecule has 0 rings (SSSR count). The molecule has 0 bridgehead atoms. The summed E-state index contributed by atoms with van der Waals surface area (Å²) < 4.78 is 36.4. The first kappa shape index (κ1) is 15.2. The van der Waals surface area contributed by atoms with Crippen molar-refractivity contribution in [3.8, 4) is 6.07 Å². The van der Waals surface area contributed by atoms with E-state index in [1.807, 2.05) is 6.07 Å². The van der Waals surface area contributed by atoms with Gasteiger partial charge in [-0.2, -0.15) is 18.4 Å². The SMILES string of the molecule is C/C(C#N)=C(/C)N/C(C)=C(\C)C(=O)C(F)(F)F. The number of nitrogens with one attached hydrogen (secondary N) is 1. The van der Waals surface area contributed by atoms with E-state index in [4.69, 9.17) is 5.26 Å². The number of hydrogen-bond acceptors (Lipinski definition) is 3. The number of carbonyl (C=O) groups excluding carboxylic acids is 1. The van der Waals surface area contributed by atoms with Crippen LogP contribution in [0.5, 0.6) is 0 Å². The molecule has 0 aromatic carbocycles. The number of rotatable bonds is 3. The first-order chi connectivity index (χ1) is 7.61. The zero-order valence-electron chi connectivity index (χ0n) is 9.99. The lowest BCUT2D eigenvalue weighted by Gasteiger charge is -2.12. The predicted octanol–water partition coefficient (Wildman–Crippen LogP) is 2.82. The molecular weight excluding hydrogens is 233 g/mol. The van der Waals surface area contributed by atoms with Crippen molar-refractivity contribution in [1.82, 2.24) is 5.32 Å². The molecule has 0 aliphatic carbocycles. The third kappa shape index (κ3) is 4.31. The standard InChI is InChI=1S/C11H13F3N2O/c1-6(5-15)8(3)16-9(4)7(2)10(17)11(12,13)14/h16H,1-4H3/b8-6+,9-7+. The first-order valence-corrected chi connectivity index (χ1v) is 4.74. The van der Waals surface area contributed by atoms with Gasteiger partial charge in [0, 0.05) is 22.5 Å². The molecule has 0 spiro atoms. The summed E-state index contributed by atoms with van der Waals surface area (Å²) >= 11 is 0. The van der Waals surface area contributed by atoms with E-state index in [0.717, 1.165) is 6.92 Å². The fourth-order valence-electron chi connectivity index (χ4n) is 0.936. The van der Waals surface area contributed by atoms with E-state index in [9.17, 15) is 18.0 Å². The summed E-state index contributed by atoms with van der Waals surface area (Å²) in [6.07, 6.45) is -4.88. The van der Waals surface area contributed by atoms with E-state index in [1.54, 1.807) is 6.92 Å². The third-order valence-corrected chi connectivity index (χ3v) is 2.27. The van der Waals surface area contributed by atoms with Gasteiger partial charge in [-0.05, 0) is 27.7 Å². The highest BCUT2D eigenvalue weighted by Crippen LogP contribution is 2.21. The Morgan fingerprint density at radius 2 is 1.59 bits per heavy atom. The monoisotopic (exact) mass is 246 g/mol. The maximum absolute atomic E-state index is 12.1. The fourth-order valence-corrected chi connectivity index (χ4v) is 0.936. The summed E-state index contributed by atoms with van der Waals surface area (Å²) in [6.45, 7) is 5.52. The smallest absolute Gasteiger partial charge is 0.362 e. The quantitative estimate of drug-likeness (QED) is 0.615. The Hall–Kier alpha value is -1.77. The molecule has 0 saturated carbocycles. The number of hydrogen-bond donors (Lipinski definition) is 1. The highest BCUT2D eigenvalue weighted by Gasteiger charge is 2.39. The molecule has 0 aliphatic rings. The van der Waals surface area contributed by atoms with Gasteiger partial charge in [-0.1, -0.05) is 0 Å². The van der Waals surface area contributed by atoms with Crippen LogP contribution in [0.3, 0.4) is 0 Å². The van der Waals surface area contributed by atoms with Gasteiger partial charge in [0.05, 0.1) is 6.07 Å². The van der Waals surface area contributed by atoms with E-state index in [0.29, 0.717) is 11.3 Å². The molecular formula is C11H13F3N2O. The van der Waals surface area contributed by atoms with Crippen LogP contribution in [0.2, 0.25) is 0 Å². The lowest BCUT2D eigenvalue weighted by atomic mass is 10.1. The van der Waals surface area contributed by atoms with Crippen molar-refractivity contribution in [2.75, 3.05) is 0 Å². The Balaban J connectivity index is 5.12. The molecule has 0 aromatic heterocycles. The van der Waals surface area contributed by atoms with Gasteiger partial charge in [0.15, 0.2) is 0 Å². The van der Waals surface area contributed by atoms with Crippen molar-refractivity contribution in [1.29, 1.82) is 5.26 Å². The van der Waals surface area contributed by atoms with Crippen molar-refractivity contribution in [2.24, 2.45) is 0 Å². The van der Waals surface area contributed by atoms with E-state index in [1.165, 1.54) is 13.8 Å². The van der Waals surface area contributed by atoms with Crippen LogP contribution in [0.25, 0.3) is 0 Å². The number of carbonyl (C=O) groups is 1. The van der Waals surface area contributed by atoms with Crippen LogP contribution < -0.4 is 5.32 Å². The average molecular weight is 246 g/mol. The number of Topliss-reactive ketones (excluding diaryl/α,β-unsaturated/α-hetero) is 1. The largest absolute Gasteiger partial charge is 0.454 e. The van der Waals surface area contributed by atoms with Crippen LogP contribution in [0.1, 0.15) is 27.7 Å². The summed E-state index contributed by atoms with van der Waals surface area (Å²) in [4.78, 5) is 10.9. The van der Waals surface area contributed by atoms with Gasteiger partial charge in [0.2, 0.25) is 0 Å². The van der Waals surface area contributed by atoms with E-state index in [-0.39, 0.29) is 5.70 Å². The number of alkyl halides is 3. The van der Waals surface area contributed by atoms with Crippen molar-refractivity contribution in [2.45, 2.75) is 33.9 Å². The van der Waals surface area contributed by atoms with E-state index < -0.39 is 17.5 Å². The number of ketones is 1. The van der Waals surface area contributed by atoms with Gasteiger partial charge >= 0.3 is 6.18 Å². The molecule has 0 heterocycles. The predicted molar refractivity (Wildman–Crippen MR) is 56.6 cm³/mol. The summed E-state index contributed by atoms with van der Waals surface area (Å²) in [5, 5.41) is 11.2. The summed E-state index contributed by atoms with van der Waals surface area (Å²) in [5.41, 5.74) is 0.429. The second kappa shape index (κ2) is 5.53. The fraction of sp³-hybridized carbons (Fsp3) is 0.455. The number of halogens is 3. The molecule has 0 saturated heterocycles. The Morgan fingerprint density at radius 3 is 1.94 bits per heavy atom. The molecule has 17 heavy (non-hydrogen) atoms. The van der Waals surface area contributed by atoms with Crippen molar-refractivity contribution in [3.63, 3.8) is 0 Å². The van der Waals surface area contributed by atoms with Gasteiger partial charge < -0.3 is 5.32 Å². The molecule has 0 unspecified atom stereocenters. The minimum Gasteiger partial charge on any atom is -0.362 e. The number of allylic oxidation sites excluding steroid dienone is 4. The molecule has 0 fully saturated rings. The molecule has 0 radical (unpaired) electrons. The van der Waals surface area contributed by atoms with Crippen molar-refractivity contribution < 1.29 is 18.0 Å². The molecule has 0 atom stereocenters. The molecule has 0 aromatic rings. The zero-order chi connectivity index (χ0) is 13.8. The van der Waals surface area contributed by atoms with Gasteiger partial charge in [-0.3, -0.25) is 4.79 Å². The highest BCUT2D eigenvalue weighted by molar-refractivity contribution is 5.99. The topological polar surface area (TPSA) is 52.9 Å². The molecule has 94 valence electrons. The van der Waals surface area contributed by atoms with E-state index >= 15 is 0 Å². The molecule has 6 heteroatoms. The van der Waals surface area contributed by atoms with Crippen LogP contribution in [0.4, 0.5) is 13.2 Å². The number of nitriles is 1. The molecule has 1 N–H and O–H groups in total. The molecule has 3 nitrogen and oxygen atoms in total. The Morgan fingerprint density at radius 1 is 1.12 bits per heavy atom. The average Bonchev–Trinajstić information content (AvgIpc) is 2.24. The van der Waals surface area contributed by atoms with Gasteiger partial charge in [0.25, 0.3) is 5.78 Å². The van der Waals surface area contributed by atoms with Crippen LogP contribution in [0, 0.1) is 11.3 Å². The maximum Gasteiger partial charge on any atom is 0.454 e. The lowest BCUT2D eigenvalue weighted by Crippen LogP contribution is -2.26. The summed E-state index contributed by atoms with van der Waals surface area (Å²) in [6, 6.07) is 1.86. The highest BCUT2D eigenvalue weighted by atomic mass is 19.4. The van der Waals surface area contributed by atoms with E-state index in [2.05, 4.69) is 5.32 Å². The van der Waals surface area contributed by atoms with Crippen LogP contribution in [-0.2, 0) is 4.79 Å². The zero-order valence-corrected chi connectivity index (χ0v) is 9.99. The van der Waals surface area contributed by atoms with Crippen LogP contribution in [-0.4, -0.2) is 12.0 Å². The van der Waals surface area contributed by atoms with Crippen molar-refractivity contribution >= 4 is 5.78 Å². The van der Waals surface area contributed by atoms with Crippen molar-refractivity contribution in [3.05, 3.63) is 22.5 Å². The Kier molecular flexibility index (Phi) is 4.95. The lowest BCUT2D eigenvalue weighted by molar-refractivity contribution is -0.166. The minimum absolute atomic E-state index is 0.0828. The van der Waals surface area contributed by atoms with Crippen LogP contribution in [0.15, 0.2) is 22.5 Å². The Labute approximate surface area is 97.6 Å². The normalized spacial score (nSPS) is 14.5. The van der Waals surface area contributed by atoms with Gasteiger partial charge in [0.1, 0.15) is 0 Å². The van der Waals surface area contributed by atoms with Gasteiger partial charge in [-0.25, -0.2) is 0 Å². The molecule has 0 amide bonds. The van der Waals surface area contributed by atoms with Gasteiger partial charge in [-0.15, -0.1) is 0 Å². The Bertz CT molecular complexity index is 425. The third-order valence-electron chi connectivity index (χ3n) is 2.27.